The average Bonchev–Trinajstić information content (AvgIpc) is 2.64. The van der Waals surface area contributed by atoms with Gasteiger partial charge in [0.1, 0.15) is 5.75 Å². The van der Waals surface area contributed by atoms with E-state index >= 15 is 0 Å². The number of halogens is 1. The van der Waals surface area contributed by atoms with Crippen molar-refractivity contribution in [2.45, 2.75) is 26.1 Å². The van der Waals surface area contributed by atoms with Crippen LogP contribution in [0.3, 0.4) is 0 Å². The molecule has 0 aliphatic carbocycles. The predicted molar refractivity (Wildman–Crippen MR) is 109 cm³/mol. The molecular weight excluding hydrogens is 378 g/mol. The van der Waals surface area contributed by atoms with Gasteiger partial charge < -0.3 is 15.0 Å². The van der Waals surface area contributed by atoms with Crippen LogP contribution in [0.15, 0.2) is 42.5 Å². The lowest BCUT2D eigenvalue weighted by atomic mass is 10.1. The number of likely N-dealkylation sites (N-methyl/N-ethyl adjacent to an activating group) is 2. The van der Waals surface area contributed by atoms with Gasteiger partial charge in [0.25, 0.3) is 5.91 Å². The molecule has 1 heterocycles. The third-order valence-corrected chi connectivity index (χ3v) is 4.84. The number of benzene rings is 2. The Hall–Kier alpha value is -2.57. The summed E-state index contributed by atoms with van der Waals surface area (Å²) in [6, 6.07) is 13.2. The maximum absolute atomic E-state index is 12.5. The van der Waals surface area contributed by atoms with E-state index in [9.17, 15) is 9.59 Å². The summed E-state index contributed by atoms with van der Waals surface area (Å²) in [6.45, 7) is 3.12. The molecule has 0 bridgehead atoms. The molecule has 28 heavy (non-hydrogen) atoms. The lowest BCUT2D eigenvalue weighted by Crippen LogP contribution is -2.36. The highest BCUT2D eigenvalue weighted by Gasteiger charge is 2.23. The number of carbonyl (C=O) groups is 2. The summed E-state index contributed by atoms with van der Waals surface area (Å²) in [5, 5.41) is 3.53. The van der Waals surface area contributed by atoms with Crippen molar-refractivity contribution in [3.8, 4) is 5.75 Å². The number of hydrogen-bond acceptors (Lipinski definition) is 4. The Morgan fingerprint density at radius 3 is 2.50 bits per heavy atom. The van der Waals surface area contributed by atoms with E-state index in [2.05, 4.69) is 5.32 Å². The quantitative estimate of drug-likeness (QED) is 0.807. The number of nitrogens with one attached hydrogen (secondary N) is 1. The molecule has 3 rings (SSSR count). The van der Waals surface area contributed by atoms with Crippen LogP contribution >= 0.6 is 11.6 Å². The van der Waals surface area contributed by atoms with E-state index in [1.807, 2.05) is 54.4 Å². The van der Waals surface area contributed by atoms with E-state index in [4.69, 9.17) is 16.3 Å². The molecule has 1 aliphatic rings. The fourth-order valence-corrected chi connectivity index (χ4v) is 3.15. The van der Waals surface area contributed by atoms with Crippen LogP contribution in [0.2, 0.25) is 5.02 Å². The maximum Gasteiger partial charge on any atom is 0.265 e. The number of nitrogens with zero attached hydrogens (tertiary/aromatic N) is 2. The number of rotatable bonds is 6. The summed E-state index contributed by atoms with van der Waals surface area (Å²) >= 11 is 5.90. The van der Waals surface area contributed by atoms with E-state index in [0.29, 0.717) is 36.1 Å². The van der Waals surface area contributed by atoms with Crippen LogP contribution in [-0.2, 0) is 22.7 Å². The van der Waals surface area contributed by atoms with E-state index in [1.165, 1.54) is 0 Å². The molecule has 0 saturated heterocycles. The van der Waals surface area contributed by atoms with Gasteiger partial charge in [-0.1, -0.05) is 29.8 Å². The molecular formula is C21H24ClN3O3. The Balaban J connectivity index is 1.55. The minimum atomic E-state index is -0.491. The van der Waals surface area contributed by atoms with Crippen LogP contribution in [0.25, 0.3) is 0 Å². The summed E-state index contributed by atoms with van der Waals surface area (Å²) in [5.74, 6) is 0.537. The van der Waals surface area contributed by atoms with Crippen molar-refractivity contribution in [1.29, 1.82) is 0 Å². The van der Waals surface area contributed by atoms with Crippen molar-refractivity contribution in [3.05, 3.63) is 58.6 Å². The van der Waals surface area contributed by atoms with Crippen LogP contribution in [0.1, 0.15) is 18.1 Å². The van der Waals surface area contributed by atoms with Gasteiger partial charge in [0.2, 0.25) is 5.91 Å². The summed E-state index contributed by atoms with van der Waals surface area (Å²) in [5.41, 5.74) is 2.69. The molecule has 148 valence electrons. The lowest BCUT2D eigenvalue weighted by Gasteiger charge is -2.25. The molecule has 0 aromatic heterocycles. The van der Waals surface area contributed by atoms with Gasteiger partial charge in [-0.25, -0.2) is 0 Å². The van der Waals surface area contributed by atoms with Crippen LogP contribution in [0, 0.1) is 0 Å². The van der Waals surface area contributed by atoms with Gasteiger partial charge in [0, 0.05) is 25.2 Å². The number of hydrogen-bond donors (Lipinski definition) is 1. The highest BCUT2D eigenvalue weighted by atomic mass is 35.5. The minimum Gasteiger partial charge on any atom is -0.479 e. The first-order valence-electron chi connectivity index (χ1n) is 9.09. The van der Waals surface area contributed by atoms with Gasteiger partial charge in [0.05, 0.1) is 12.2 Å². The Morgan fingerprint density at radius 1 is 1.11 bits per heavy atom. The Kier molecular flexibility index (Phi) is 6.21. The van der Waals surface area contributed by atoms with Gasteiger partial charge >= 0.3 is 0 Å². The molecule has 0 spiro atoms. The topological polar surface area (TPSA) is 61.9 Å². The van der Waals surface area contributed by atoms with E-state index in [-0.39, 0.29) is 11.8 Å². The third kappa shape index (κ3) is 5.03. The zero-order valence-corrected chi connectivity index (χ0v) is 17.0. The highest BCUT2D eigenvalue weighted by molar-refractivity contribution is 6.30. The Labute approximate surface area is 170 Å². The second kappa shape index (κ2) is 8.63. The second-order valence-electron chi connectivity index (χ2n) is 7.13. The zero-order chi connectivity index (χ0) is 20.3. The first-order valence-corrected chi connectivity index (χ1v) is 9.47. The minimum absolute atomic E-state index is 0.0286. The predicted octanol–water partition coefficient (Wildman–Crippen LogP) is 3.15. The maximum atomic E-state index is 12.5. The number of carbonyl (C=O) groups excluding carboxylic acids is 2. The molecule has 1 N–H and O–H groups in total. The van der Waals surface area contributed by atoms with E-state index in [1.54, 1.807) is 18.9 Å². The first kappa shape index (κ1) is 20.2. The summed E-state index contributed by atoms with van der Waals surface area (Å²) < 4.78 is 5.57. The van der Waals surface area contributed by atoms with Crippen LogP contribution in [-0.4, -0.2) is 48.4 Å². The second-order valence-corrected chi connectivity index (χ2v) is 7.56. The number of fused-ring (bicyclic) bond motifs is 1. The summed E-state index contributed by atoms with van der Waals surface area (Å²) in [4.78, 5) is 27.9. The number of anilines is 1. The third-order valence-electron chi connectivity index (χ3n) is 4.59. The fraction of sp³-hybridized carbons (Fsp3) is 0.333. The molecule has 7 heteroatoms. The molecule has 0 radical (unpaired) electrons. The van der Waals surface area contributed by atoms with Crippen molar-refractivity contribution in [3.63, 3.8) is 0 Å². The van der Waals surface area contributed by atoms with Crippen molar-refractivity contribution < 1.29 is 14.3 Å². The standard InChI is InChI=1S/C21H24ClN3O3/c1-14-21(27)23-18-10-16(6-9-19(18)28-14)11-24(2)13-20(26)25(3)12-15-4-7-17(22)8-5-15/h4-10,14H,11-13H2,1-3H3,(H,23,27). The van der Waals surface area contributed by atoms with Crippen LogP contribution in [0.4, 0.5) is 5.69 Å². The van der Waals surface area contributed by atoms with Crippen LogP contribution in [0.5, 0.6) is 5.75 Å². The molecule has 1 atom stereocenters. The van der Waals surface area contributed by atoms with Crippen molar-refractivity contribution in [2.75, 3.05) is 26.0 Å². The van der Waals surface area contributed by atoms with E-state index in [0.717, 1.165) is 11.1 Å². The molecule has 6 nitrogen and oxygen atoms in total. The largest absolute Gasteiger partial charge is 0.479 e. The van der Waals surface area contributed by atoms with Crippen molar-refractivity contribution in [2.24, 2.45) is 0 Å². The molecule has 2 amide bonds. The summed E-state index contributed by atoms with van der Waals surface area (Å²) in [6.07, 6.45) is -0.491. The van der Waals surface area contributed by atoms with Crippen LogP contribution < -0.4 is 10.1 Å². The van der Waals surface area contributed by atoms with Crippen molar-refractivity contribution in [1.82, 2.24) is 9.80 Å². The normalized spacial score (nSPS) is 15.6. The first-order chi connectivity index (χ1) is 13.3. The van der Waals surface area contributed by atoms with Crippen molar-refractivity contribution >= 4 is 29.1 Å². The van der Waals surface area contributed by atoms with Gasteiger partial charge in [-0.15, -0.1) is 0 Å². The molecule has 2 aromatic carbocycles. The smallest absolute Gasteiger partial charge is 0.265 e. The average molecular weight is 402 g/mol. The van der Waals surface area contributed by atoms with Gasteiger partial charge in [-0.3, -0.25) is 14.5 Å². The van der Waals surface area contributed by atoms with Gasteiger partial charge in [-0.2, -0.15) is 0 Å². The molecule has 1 unspecified atom stereocenters. The number of amides is 2. The molecule has 0 fully saturated rings. The molecule has 2 aromatic rings. The molecule has 0 saturated carbocycles. The SMILES string of the molecule is CC1Oc2ccc(CN(C)CC(=O)N(C)Cc3ccc(Cl)cc3)cc2NC1=O. The van der Waals surface area contributed by atoms with E-state index < -0.39 is 6.10 Å². The highest BCUT2D eigenvalue weighted by Crippen LogP contribution is 2.30. The Morgan fingerprint density at radius 2 is 1.79 bits per heavy atom. The zero-order valence-electron chi connectivity index (χ0n) is 16.2. The monoisotopic (exact) mass is 401 g/mol. The van der Waals surface area contributed by atoms with Gasteiger partial charge in [0.15, 0.2) is 6.10 Å². The lowest BCUT2D eigenvalue weighted by molar-refractivity contribution is -0.131. The molecule has 1 aliphatic heterocycles. The summed E-state index contributed by atoms with van der Waals surface area (Å²) in [7, 11) is 3.68. The Bertz CT molecular complexity index is 870. The van der Waals surface area contributed by atoms with Gasteiger partial charge in [-0.05, 0) is 49.4 Å². The number of ether oxygens (including phenoxy) is 1. The fourth-order valence-electron chi connectivity index (χ4n) is 3.03.